The Morgan fingerprint density at radius 1 is 1.16 bits per heavy atom. The van der Waals surface area contributed by atoms with Gasteiger partial charge in [0.05, 0.1) is 4.90 Å². The zero-order chi connectivity index (χ0) is 13.9. The summed E-state index contributed by atoms with van der Waals surface area (Å²) in [6.45, 7) is 0. The lowest BCUT2D eigenvalue weighted by Gasteiger charge is -2.30. The van der Waals surface area contributed by atoms with E-state index in [0.29, 0.717) is 16.2 Å². The highest BCUT2D eigenvalue weighted by molar-refractivity contribution is 8.00. The van der Waals surface area contributed by atoms with Crippen molar-refractivity contribution in [3.63, 3.8) is 0 Å². The number of benzene rings is 1. The lowest BCUT2D eigenvalue weighted by molar-refractivity contribution is 0.405. The molecule has 0 saturated heterocycles. The molecule has 1 fully saturated rings. The summed E-state index contributed by atoms with van der Waals surface area (Å²) in [6.07, 6.45) is 6.29. The summed E-state index contributed by atoms with van der Waals surface area (Å²) < 4.78 is 22.8. The van der Waals surface area contributed by atoms with Crippen LogP contribution in [0.4, 0.5) is 0 Å². The van der Waals surface area contributed by atoms with Crippen molar-refractivity contribution in [1.82, 2.24) is 5.32 Å². The molecular formula is C14H21NO2S2. The van der Waals surface area contributed by atoms with Crippen LogP contribution in [0, 0.1) is 0 Å². The van der Waals surface area contributed by atoms with Gasteiger partial charge in [0.2, 0.25) is 0 Å². The number of thioether (sulfide) groups is 1. The molecule has 0 amide bonds. The van der Waals surface area contributed by atoms with Crippen molar-refractivity contribution in [2.75, 3.05) is 13.3 Å². The fraction of sp³-hybridized carbons (Fsp3) is 0.571. The van der Waals surface area contributed by atoms with Crippen molar-refractivity contribution in [3.8, 4) is 0 Å². The van der Waals surface area contributed by atoms with Crippen LogP contribution in [-0.4, -0.2) is 33.0 Å². The molecule has 0 heterocycles. The van der Waals surface area contributed by atoms with Crippen LogP contribution in [0.25, 0.3) is 0 Å². The lowest BCUT2D eigenvalue weighted by Crippen LogP contribution is -2.38. The summed E-state index contributed by atoms with van der Waals surface area (Å²) in [4.78, 5) is 1.55. The molecule has 1 aliphatic rings. The molecule has 1 saturated carbocycles. The van der Waals surface area contributed by atoms with Crippen molar-refractivity contribution >= 4 is 21.6 Å². The fourth-order valence-electron chi connectivity index (χ4n) is 2.51. The van der Waals surface area contributed by atoms with E-state index in [0.717, 1.165) is 4.90 Å². The van der Waals surface area contributed by atoms with Crippen LogP contribution in [0.5, 0.6) is 0 Å². The second-order valence-corrected chi connectivity index (χ2v) is 8.41. The molecule has 1 aromatic carbocycles. The van der Waals surface area contributed by atoms with Crippen LogP contribution >= 0.6 is 11.8 Å². The van der Waals surface area contributed by atoms with E-state index in [1.165, 1.54) is 31.9 Å². The third kappa shape index (κ3) is 3.97. The zero-order valence-electron chi connectivity index (χ0n) is 11.4. The Morgan fingerprint density at radius 3 is 2.37 bits per heavy atom. The monoisotopic (exact) mass is 299 g/mol. The van der Waals surface area contributed by atoms with Gasteiger partial charge in [-0.2, -0.15) is 0 Å². The van der Waals surface area contributed by atoms with Crippen molar-refractivity contribution < 1.29 is 8.42 Å². The van der Waals surface area contributed by atoms with Gasteiger partial charge in [0.1, 0.15) is 0 Å². The minimum atomic E-state index is -3.09. The maximum atomic E-state index is 11.4. The highest BCUT2D eigenvalue weighted by Gasteiger charge is 2.24. The Kier molecular flexibility index (Phi) is 4.92. The zero-order valence-corrected chi connectivity index (χ0v) is 13.1. The van der Waals surface area contributed by atoms with Crippen LogP contribution in [0.3, 0.4) is 0 Å². The SMILES string of the molecule is CNC1CCCCC1Sc1ccc(S(C)(=O)=O)cc1. The first kappa shape index (κ1) is 14.9. The predicted octanol–water partition coefficient (Wildman–Crippen LogP) is 2.71. The van der Waals surface area contributed by atoms with Gasteiger partial charge in [-0.3, -0.25) is 0 Å². The average Bonchev–Trinajstić information content (AvgIpc) is 2.39. The first-order valence-corrected chi connectivity index (χ1v) is 9.42. The van der Waals surface area contributed by atoms with E-state index in [9.17, 15) is 8.42 Å². The summed E-state index contributed by atoms with van der Waals surface area (Å²) >= 11 is 1.86. The smallest absolute Gasteiger partial charge is 0.175 e. The van der Waals surface area contributed by atoms with E-state index in [1.807, 2.05) is 30.9 Å². The van der Waals surface area contributed by atoms with Gasteiger partial charge in [0.15, 0.2) is 9.84 Å². The molecule has 19 heavy (non-hydrogen) atoms. The Bertz CT molecular complexity index is 511. The van der Waals surface area contributed by atoms with E-state index in [1.54, 1.807) is 12.1 Å². The van der Waals surface area contributed by atoms with Crippen LogP contribution in [0.1, 0.15) is 25.7 Å². The van der Waals surface area contributed by atoms with Crippen molar-refractivity contribution in [2.45, 2.75) is 46.8 Å². The van der Waals surface area contributed by atoms with Crippen molar-refractivity contribution in [2.24, 2.45) is 0 Å². The molecule has 0 spiro atoms. The Morgan fingerprint density at radius 2 is 1.79 bits per heavy atom. The molecule has 0 aliphatic heterocycles. The van der Waals surface area contributed by atoms with E-state index in [4.69, 9.17) is 0 Å². The molecule has 0 aromatic heterocycles. The molecule has 1 N–H and O–H groups in total. The standard InChI is InChI=1S/C14H21NO2S2/c1-15-13-5-3-4-6-14(13)18-11-7-9-12(10-8-11)19(2,16)17/h7-10,13-15H,3-6H2,1-2H3. The first-order chi connectivity index (χ1) is 9.00. The van der Waals surface area contributed by atoms with Gasteiger partial charge >= 0.3 is 0 Å². The topological polar surface area (TPSA) is 46.2 Å². The summed E-state index contributed by atoms with van der Waals surface area (Å²) in [5.74, 6) is 0. The largest absolute Gasteiger partial charge is 0.316 e. The minimum Gasteiger partial charge on any atom is -0.316 e. The van der Waals surface area contributed by atoms with Crippen molar-refractivity contribution in [3.05, 3.63) is 24.3 Å². The molecule has 2 unspecified atom stereocenters. The number of rotatable bonds is 4. The van der Waals surface area contributed by atoms with Gasteiger partial charge in [0, 0.05) is 22.4 Å². The predicted molar refractivity (Wildman–Crippen MR) is 80.5 cm³/mol. The highest BCUT2D eigenvalue weighted by Crippen LogP contribution is 2.34. The maximum Gasteiger partial charge on any atom is 0.175 e. The van der Waals surface area contributed by atoms with Crippen LogP contribution in [-0.2, 0) is 9.84 Å². The van der Waals surface area contributed by atoms with Gasteiger partial charge in [0.25, 0.3) is 0 Å². The molecule has 1 aromatic rings. The van der Waals surface area contributed by atoms with E-state index in [-0.39, 0.29) is 0 Å². The third-order valence-corrected chi connectivity index (χ3v) is 6.15. The van der Waals surface area contributed by atoms with E-state index in [2.05, 4.69) is 5.32 Å². The highest BCUT2D eigenvalue weighted by atomic mass is 32.2. The van der Waals surface area contributed by atoms with E-state index < -0.39 is 9.84 Å². The lowest BCUT2D eigenvalue weighted by atomic mass is 9.95. The summed E-state index contributed by atoms with van der Waals surface area (Å²) in [5.41, 5.74) is 0. The second-order valence-electron chi connectivity index (χ2n) is 5.08. The van der Waals surface area contributed by atoms with Crippen molar-refractivity contribution in [1.29, 1.82) is 0 Å². The molecule has 2 atom stereocenters. The number of hydrogen-bond donors (Lipinski definition) is 1. The molecule has 5 heteroatoms. The third-order valence-electron chi connectivity index (χ3n) is 3.61. The molecule has 1 aliphatic carbocycles. The maximum absolute atomic E-state index is 11.4. The Balaban J connectivity index is 2.06. The summed E-state index contributed by atoms with van der Waals surface area (Å²) in [7, 11) is -1.07. The molecule has 0 bridgehead atoms. The Labute approximate surface area is 120 Å². The van der Waals surface area contributed by atoms with Crippen LogP contribution in [0.2, 0.25) is 0 Å². The normalized spacial score (nSPS) is 24.3. The Hall–Kier alpha value is -0.520. The number of sulfone groups is 1. The quantitative estimate of drug-likeness (QED) is 0.928. The van der Waals surface area contributed by atoms with Crippen LogP contribution < -0.4 is 5.32 Å². The van der Waals surface area contributed by atoms with Crippen LogP contribution in [0.15, 0.2) is 34.1 Å². The fourth-order valence-corrected chi connectivity index (χ4v) is 4.50. The van der Waals surface area contributed by atoms with Gasteiger partial charge < -0.3 is 5.32 Å². The van der Waals surface area contributed by atoms with E-state index >= 15 is 0 Å². The summed E-state index contributed by atoms with van der Waals surface area (Å²) in [5, 5.41) is 3.98. The summed E-state index contributed by atoms with van der Waals surface area (Å²) in [6, 6.07) is 7.81. The molecule has 106 valence electrons. The first-order valence-electron chi connectivity index (χ1n) is 6.65. The molecular weight excluding hydrogens is 278 g/mol. The molecule has 0 radical (unpaired) electrons. The van der Waals surface area contributed by atoms with Gasteiger partial charge in [-0.25, -0.2) is 8.42 Å². The van der Waals surface area contributed by atoms with Gasteiger partial charge in [-0.05, 0) is 44.2 Å². The number of nitrogens with one attached hydrogen (secondary N) is 1. The van der Waals surface area contributed by atoms with Gasteiger partial charge in [-0.1, -0.05) is 12.8 Å². The van der Waals surface area contributed by atoms with Gasteiger partial charge in [-0.15, -0.1) is 11.8 Å². The number of hydrogen-bond acceptors (Lipinski definition) is 4. The second kappa shape index (κ2) is 6.29. The molecule has 2 rings (SSSR count). The molecule has 3 nitrogen and oxygen atoms in total. The minimum absolute atomic E-state index is 0.394. The average molecular weight is 299 g/mol.